The summed E-state index contributed by atoms with van der Waals surface area (Å²) in [7, 11) is 1.62. The molecule has 1 aliphatic carbocycles. The third-order valence-electron chi connectivity index (χ3n) is 6.65. The Kier molecular flexibility index (Phi) is 6.65. The van der Waals surface area contributed by atoms with Crippen molar-refractivity contribution in [2.45, 2.75) is 77.0 Å². The lowest BCUT2D eigenvalue weighted by molar-refractivity contribution is -0.141. The zero-order valence-electron chi connectivity index (χ0n) is 18.9. The maximum absolute atomic E-state index is 13.8. The number of amides is 2. The van der Waals surface area contributed by atoms with Crippen LogP contribution in [0.15, 0.2) is 30.0 Å². The van der Waals surface area contributed by atoms with Gasteiger partial charge in [-0.25, -0.2) is 0 Å². The van der Waals surface area contributed by atoms with Crippen LogP contribution in [0.1, 0.15) is 64.4 Å². The molecule has 3 aliphatic rings. The molecule has 0 radical (unpaired) electrons. The molecule has 2 heterocycles. The maximum atomic E-state index is 13.8. The zero-order chi connectivity index (χ0) is 22.0. The molecule has 2 unspecified atom stereocenters. The van der Waals surface area contributed by atoms with E-state index in [0.29, 0.717) is 24.4 Å². The summed E-state index contributed by atoms with van der Waals surface area (Å²) < 4.78 is 11.2. The van der Waals surface area contributed by atoms with Crippen LogP contribution in [-0.4, -0.2) is 60.1 Å². The Morgan fingerprint density at radius 2 is 1.45 bits per heavy atom. The van der Waals surface area contributed by atoms with E-state index in [1.54, 1.807) is 12.0 Å². The topological polar surface area (TPSA) is 59.1 Å². The minimum atomic E-state index is -0.150. The SMILES string of the molecule is COc1ccc(C2=C(N3CC(C)OC(C)C3)C(=O)N(C3CCCCCCC3)C2=O)cc1. The third-order valence-corrected chi connectivity index (χ3v) is 6.65. The number of ether oxygens (including phenoxy) is 2. The van der Waals surface area contributed by atoms with Gasteiger partial charge in [-0.2, -0.15) is 0 Å². The Bertz CT molecular complexity index is 830. The van der Waals surface area contributed by atoms with E-state index in [-0.39, 0.29) is 30.1 Å². The first-order chi connectivity index (χ1) is 15.0. The highest BCUT2D eigenvalue weighted by atomic mass is 16.5. The number of hydrogen-bond donors (Lipinski definition) is 0. The summed E-state index contributed by atoms with van der Waals surface area (Å²) in [5, 5.41) is 0. The van der Waals surface area contributed by atoms with Gasteiger partial charge in [0.15, 0.2) is 0 Å². The summed E-state index contributed by atoms with van der Waals surface area (Å²) in [4.78, 5) is 31.2. The number of carbonyl (C=O) groups is 2. The third kappa shape index (κ3) is 4.49. The molecule has 2 atom stereocenters. The normalized spacial score (nSPS) is 26.3. The van der Waals surface area contributed by atoms with E-state index in [0.717, 1.165) is 37.0 Å². The smallest absolute Gasteiger partial charge is 0.278 e. The van der Waals surface area contributed by atoms with E-state index in [4.69, 9.17) is 9.47 Å². The Morgan fingerprint density at radius 3 is 2.03 bits per heavy atom. The number of rotatable bonds is 4. The molecule has 4 rings (SSSR count). The molecule has 1 saturated heterocycles. The number of morpholine rings is 1. The van der Waals surface area contributed by atoms with E-state index in [2.05, 4.69) is 4.90 Å². The molecule has 0 bridgehead atoms. The van der Waals surface area contributed by atoms with Crippen LogP contribution < -0.4 is 4.74 Å². The van der Waals surface area contributed by atoms with Crippen molar-refractivity contribution in [1.82, 2.24) is 9.80 Å². The highest BCUT2D eigenvalue weighted by molar-refractivity contribution is 6.35. The van der Waals surface area contributed by atoms with E-state index < -0.39 is 0 Å². The fourth-order valence-electron chi connectivity index (χ4n) is 5.23. The standard InChI is InChI=1S/C25H34N2O4/c1-17-15-26(16-18(2)31-17)23-22(19-11-13-21(30-3)14-12-19)24(28)27(25(23)29)20-9-7-5-4-6-8-10-20/h11-14,17-18,20H,4-10,15-16H2,1-3H3. The van der Waals surface area contributed by atoms with Crippen LogP contribution in [0.25, 0.3) is 5.57 Å². The van der Waals surface area contributed by atoms with Crippen LogP contribution in [0, 0.1) is 0 Å². The fourth-order valence-corrected chi connectivity index (χ4v) is 5.23. The molecular formula is C25H34N2O4. The largest absolute Gasteiger partial charge is 0.497 e. The first-order valence-corrected chi connectivity index (χ1v) is 11.7. The van der Waals surface area contributed by atoms with Crippen LogP contribution >= 0.6 is 0 Å². The molecule has 1 aromatic carbocycles. The lowest BCUT2D eigenvalue weighted by atomic mass is 9.95. The highest BCUT2D eigenvalue weighted by Crippen LogP contribution is 2.37. The van der Waals surface area contributed by atoms with Gasteiger partial charge in [0.2, 0.25) is 0 Å². The second kappa shape index (κ2) is 9.43. The van der Waals surface area contributed by atoms with Crippen molar-refractivity contribution in [3.63, 3.8) is 0 Å². The minimum Gasteiger partial charge on any atom is -0.497 e. The molecule has 1 saturated carbocycles. The quantitative estimate of drug-likeness (QED) is 0.681. The molecule has 168 valence electrons. The molecule has 2 amide bonds. The number of methoxy groups -OCH3 is 1. The first kappa shape index (κ1) is 21.9. The van der Waals surface area contributed by atoms with Crippen LogP contribution in [-0.2, 0) is 14.3 Å². The van der Waals surface area contributed by atoms with Gasteiger partial charge in [-0.15, -0.1) is 0 Å². The van der Waals surface area contributed by atoms with Crippen LogP contribution in [0.4, 0.5) is 0 Å². The summed E-state index contributed by atoms with van der Waals surface area (Å²) in [6.07, 6.45) is 7.55. The average molecular weight is 427 g/mol. The van der Waals surface area contributed by atoms with E-state index in [9.17, 15) is 9.59 Å². The Morgan fingerprint density at radius 1 is 0.871 bits per heavy atom. The molecule has 0 spiro atoms. The summed E-state index contributed by atoms with van der Waals surface area (Å²) in [5.41, 5.74) is 1.84. The van der Waals surface area contributed by atoms with Crippen molar-refractivity contribution in [2.24, 2.45) is 0 Å². The second-order valence-corrected chi connectivity index (χ2v) is 9.09. The molecule has 2 fully saturated rings. The molecule has 0 aromatic heterocycles. The fraction of sp³-hybridized carbons (Fsp3) is 0.600. The zero-order valence-corrected chi connectivity index (χ0v) is 18.9. The Hall–Kier alpha value is -2.34. The predicted octanol–water partition coefficient (Wildman–Crippen LogP) is 4.00. The van der Waals surface area contributed by atoms with Crippen molar-refractivity contribution < 1.29 is 19.1 Å². The van der Waals surface area contributed by atoms with E-state index in [1.165, 1.54) is 19.3 Å². The summed E-state index contributed by atoms with van der Waals surface area (Å²) in [5.74, 6) is 0.443. The van der Waals surface area contributed by atoms with Gasteiger partial charge in [-0.3, -0.25) is 14.5 Å². The highest BCUT2D eigenvalue weighted by Gasteiger charge is 2.45. The molecular weight excluding hydrogens is 392 g/mol. The predicted molar refractivity (Wildman–Crippen MR) is 119 cm³/mol. The van der Waals surface area contributed by atoms with Gasteiger partial charge in [0.05, 0.1) is 24.9 Å². The van der Waals surface area contributed by atoms with Crippen molar-refractivity contribution in [1.29, 1.82) is 0 Å². The number of hydrogen-bond acceptors (Lipinski definition) is 5. The molecule has 6 heteroatoms. The Balaban J connectivity index is 1.73. The lowest BCUT2D eigenvalue weighted by Crippen LogP contribution is -2.48. The second-order valence-electron chi connectivity index (χ2n) is 9.09. The lowest BCUT2D eigenvalue weighted by Gasteiger charge is -2.37. The summed E-state index contributed by atoms with van der Waals surface area (Å²) in [6, 6.07) is 7.45. The van der Waals surface area contributed by atoms with E-state index >= 15 is 0 Å². The van der Waals surface area contributed by atoms with Gasteiger partial charge in [0.25, 0.3) is 11.8 Å². The minimum absolute atomic E-state index is 0.00622. The molecule has 31 heavy (non-hydrogen) atoms. The number of imide groups is 1. The summed E-state index contributed by atoms with van der Waals surface area (Å²) in [6.45, 7) is 5.25. The van der Waals surface area contributed by atoms with Crippen LogP contribution in [0.3, 0.4) is 0 Å². The van der Waals surface area contributed by atoms with E-state index in [1.807, 2.05) is 38.1 Å². The Labute approximate surface area is 185 Å². The molecule has 2 aliphatic heterocycles. The van der Waals surface area contributed by atoms with Crippen molar-refractivity contribution in [3.05, 3.63) is 35.5 Å². The van der Waals surface area contributed by atoms with Crippen molar-refractivity contribution in [3.8, 4) is 5.75 Å². The van der Waals surface area contributed by atoms with Gasteiger partial charge in [0, 0.05) is 19.1 Å². The number of nitrogens with zero attached hydrogens (tertiary/aromatic N) is 2. The van der Waals surface area contributed by atoms with Crippen LogP contribution in [0.2, 0.25) is 0 Å². The average Bonchev–Trinajstić information content (AvgIpc) is 2.98. The summed E-state index contributed by atoms with van der Waals surface area (Å²) >= 11 is 0. The van der Waals surface area contributed by atoms with Gasteiger partial charge in [-0.05, 0) is 44.4 Å². The number of carbonyl (C=O) groups excluding carboxylic acids is 2. The van der Waals surface area contributed by atoms with Crippen LogP contribution in [0.5, 0.6) is 5.75 Å². The van der Waals surface area contributed by atoms with Crippen molar-refractivity contribution >= 4 is 17.4 Å². The molecule has 0 N–H and O–H groups in total. The molecule has 6 nitrogen and oxygen atoms in total. The van der Waals surface area contributed by atoms with Gasteiger partial charge in [0.1, 0.15) is 11.4 Å². The first-order valence-electron chi connectivity index (χ1n) is 11.7. The monoisotopic (exact) mass is 426 g/mol. The maximum Gasteiger partial charge on any atom is 0.278 e. The van der Waals surface area contributed by atoms with Gasteiger partial charge in [-0.1, -0.05) is 44.2 Å². The number of benzene rings is 1. The van der Waals surface area contributed by atoms with Crippen molar-refractivity contribution in [2.75, 3.05) is 20.2 Å². The van der Waals surface area contributed by atoms with Gasteiger partial charge >= 0.3 is 0 Å². The van der Waals surface area contributed by atoms with Gasteiger partial charge < -0.3 is 14.4 Å². The molecule has 1 aromatic rings.